The molecule has 0 unspecified atom stereocenters. The van der Waals surface area contributed by atoms with E-state index in [-0.39, 0.29) is 0 Å². The number of halogens is 1. The van der Waals surface area contributed by atoms with Crippen molar-refractivity contribution >= 4 is 28.9 Å². The van der Waals surface area contributed by atoms with E-state index in [1.807, 2.05) is 31.2 Å². The molecular weight excluding hydrogens is 370 g/mol. The standard InChI is InChI=1S/C22H24ClN5/c1-17-7-8-19(13-20(17)23)26-21-14-22(25-16-24-21)28-11-9-27(10-12-28)15-18-5-3-2-4-6-18/h2-8,13-14,16H,9-12,15H2,1H3,(H,24,25,26). The fourth-order valence-electron chi connectivity index (χ4n) is 3.38. The minimum absolute atomic E-state index is 0.744. The van der Waals surface area contributed by atoms with E-state index in [0.717, 1.165) is 60.6 Å². The highest BCUT2D eigenvalue weighted by atomic mass is 35.5. The number of nitrogens with one attached hydrogen (secondary N) is 1. The lowest BCUT2D eigenvalue weighted by Gasteiger charge is -2.35. The molecule has 0 radical (unpaired) electrons. The number of hydrogen-bond acceptors (Lipinski definition) is 5. The van der Waals surface area contributed by atoms with Crippen molar-refractivity contribution in [3.05, 3.63) is 77.1 Å². The number of benzene rings is 2. The van der Waals surface area contributed by atoms with Gasteiger partial charge in [0.25, 0.3) is 0 Å². The van der Waals surface area contributed by atoms with Crippen LogP contribution in [0.4, 0.5) is 17.3 Å². The summed E-state index contributed by atoms with van der Waals surface area (Å²) < 4.78 is 0. The average Bonchev–Trinajstić information content (AvgIpc) is 2.72. The first-order chi connectivity index (χ1) is 13.7. The lowest BCUT2D eigenvalue weighted by molar-refractivity contribution is 0.249. The Hall–Kier alpha value is -2.63. The van der Waals surface area contributed by atoms with Crippen LogP contribution in [0.15, 0.2) is 60.9 Å². The summed E-state index contributed by atoms with van der Waals surface area (Å²) in [4.78, 5) is 13.6. The van der Waals surface area contributed by atoms with Crippen LogP contribution in [0.3, 0.4) is 0 Å². The van der Waals surface area contributed by atoms with Crippen molar-refractivity contribution in [2.24, 2.45) is 0 Å². The van der Waals surface area contributed by atoms with Crippen LogP contribution < -0.4 is 10.2 Å². The molecule has 2 aromatic carbocycles. The third-order valence-electron chi connectivity index (χ3n) is 5.04. The first-order valence-electron chi connectivity index (χ1n) is 9.54. The molecule has 0 saturated carbocycles. The summed E-state index contributed by atoms with van der Waals surface area (Å²) in [7, 11) is 0. The molecule has 1 fully saturated rings. The van der Waals surface area contributed by atoms with E-state index in [2.05, 4.69) is 55.4 Å². The van der Waals surface area contributed by atoms with Gasteiger partial charge in [0.2, 0.25) is 0 Å². The lowest BCUT2D eigenvalue weighted by Crippen LogP contribution is -2.46. The van der Waals surface area contributed by atoms with E-state index >= 15 is 0 Å². The van der Waals surface area contributed by atoms with Crippen molar-refractivity contribution in [3.63, 3.8) is 0 Å². The molecular formula is C22H24ClN5. The molecule has 2 heterocycles. The Kier molecular flexibility index (Phi) is 5.74. The third kappa shape index (κ3) is 4.61. The van der Waals surface area contributed by atoms with Crippen LogP contribution in [0.1, 0.15) is 11.1 Å². The maximum Gasteiger partial charge on any atom is 0.135 e. The number of nitrogens with zero attached hydrogens (tertiary/aromatic N) is 4. The van der Waals surface area contributed by atoms with Crippen LogP contribution >= 0.6 is 11.6 Å². The molecule has 3 aromatic rings. The van der Waals surface area contributed by atoms with Gasteiger partial charge in [-0.2, -0.15) is 0 Å². The van der Waals surface area contributed by atoms with Gasteiger partial charge in [0.05, 0.1) is 0 Å². The summed E-state index contributed by atoms with van der Waals surface area (Å²) in [6.45, 7) is 6.95. The summed E-state index contributed by atoms with van der Waals surface area (Å²) in [5.74, 6) is 1.73. The second-order valence-electron chi connectivity index (χ2n) is 7.10. The Balaban J connectivity index is 1.37. The Morgan fingerprint density at radius 2 is 1.75 bits per heavy atom. The number of piperazine rings is 1. The molecule has 6 heteroatoms. The number of anilines is 3. The number of aryl methyl sites for hydroxylation is 1. The predicted molar refractivity (Wildman–Crippen MR) is 115 cm³/mol. The van der Waals surface area contributed by atoms with Gasteiger partial charge in [-0.05, 0) is 30.2 Å². The number of rotatable bonds is 5. The van der Waals surface area contributed by atoms with Crippen molar-refractivity contribution in [2.45, 2.75) is 13.5 Å². The van der Waals surface area contributed by atoms with E-state index in [0.29, 0.717) is 0 Å². The first kappa shape index (κ1) is 18.7. The van der Waals surface area contributed by atoms with Gasteiger partial charge in [-0.15, -0.1) is 0 Å². The predicted octanol–water partition coefficient (Wildman–Crippen LogP) is 4.50. The van der Waals surface area contributed by atoms with Gasteiger partial charge in [-0.25, -0.2) is 9.97 Å². The molecule has 144 valence electrons. The molecule has 0 atom stereocenters. The zero-order chi connectivity index (χ0) is 19.3. The van der Waals surface area contributed by atoms with Crippen LogP contribution in [0.2, 0.25) is 5.02 Å². The Labute approximate surface area is 171 Å². The fraction of sp³-hybridized carbons (Fsp3) is 0.273. The molecule has 4 rings (SSSR count). The monoisotopic (exact) mass is 393 g/mol. The van der Waals surface area contributed by atoms with Crippen LogP contribution in [0.25, 0.3) is 0 Å². The van der Waals surface area contributed by atoms with E-state index in [9.17, 15) is 0 Å². The van der Waals surface area contributed by atoms with Gasteiger partial charge in [0.1, 0.15) is 18.0 Å². The molecule has 1 aliphatic rings. The first-order valence-corrected chi connectivity index (χ1v) is 9.91. The molecule has 0 aliphatic carbocycles. The van der Waals surface area contributed by atoms with Gasteiger partial charge in [0.15, 0.2) is 0 Å². The molecule has 1 aliphatic heterocycles. The lowest BCUT2D eigenvalue weighted by atomic mass is 10.2. The SMILES string of the molecule is Cc1ccc(Nc2cc(N3CCN(Cc4ccccc4)CC3)ncn2)cc1Cl. The summed E-state index contributed by atoms with van der Waals surface area (Å²) in [6, 6.07) is 18.6. The quantitative estimate of drug-likeness (QED) is 0.691. The van der Waals surface area contributed by atoms with E-state index in [1.165, 1.54) is 5.56 Å². The highest BCUT2D eigenvalue weighted by Gasteiger charge is 2.18. The third-order valence-corrected chi connectivity index (χ3v) is 5.45. The minimum Gasteiger partial charge on any atom is -0.354 e. The Morgan fingerprint density at radius 1 is 0.964 bits per heavy atom. The molecule has 5 nitrogen and oxygen atoms in total. The van der Waals surface area contributed by atoms with Crippen molar-refractivity contribution < 1.29 is 0 Å². The average molecular weight is 394 g/mol. The maximum absolute atomic E-state index is 6.22. The fourth-order valence-corrected chi connectivity index (χ4v) is 3.56. The second kappa shape index (κ2) is 8.59. The molecule has 1 N–H and O–H groups in total. The topological polar surface area (TPSA) is 44.3 Å². The van der Waals surface area contributed by atoms with Crippen LogP contribution in [0, 0.1) is 6.92 Å². The Morgan fingerprint density at radius 3 is 2.50 bits per heavy atom. The maximum atomic E-state index is 6.22. The molecule has 1 saturated heterocycles. The van der Waals surface area contributed by atoms with E-state index in [1.54, 1.807) is 6.33 Å². The van der Waals surface area contributed by atoms with Gasteiger partial charge in [-0.1, -0.05) is 48.0 Å². The van der Waals surface area contributed by atoms with Crippen LogP contribution in [-0.2, 0) is 6.54 Å². The second-order valence-corrected chi connectivity index (χ2v) is 7.51. The molecule has 0 bridgehead atoms. The minimum atomic E-state index is 0.744. The summed E-state index contributed by atoms with van der Waals surface area (Å²) >= 11 is 6.22. The zero-order valence-corrected chi connectivity index (χ0v) is 16.7. The summed E-state index contributed by atoms with van der Waals surface area (Å²) in [5, 5.41) is 4.06. The number of aromatic nitrogens is 2. The molecule has 0 spiro atoms. The molecule has 28 heavy (non-hydrogen) atoms. The van der Waals surface area contributed by atoms with Crippen molar-refractivity contribution in [3.8, 4) is 0 Å². The zero-order valence-electron chi connectivity index (χ0n) is 16.0. The van der Waals surface area contributed by atoms with E-state index in [4.69, 9.17) is 11.6 Å². The van der Waals surface area contributed by atoms with Gasteiger partial charge in [0, 0.05) is 49.5 Å². The largest absolute Gasteiger partial charge is 0.354 e. The normalized spacial score (nSPS) is 14.9. The number of hydrogen-bond donors (Lipinski definition) is 1. The van der Waals surface area contributed by atoms with Crippen molar-refractivity contribution in [1.82, 2.24) is 14.9 Å². The summed E-state index contributed by atoms with van der Waals surface area (Å²) in [5.41, 5.74) is 3.35. The van der Waals surface area contributed by atoms with Crippen molar-refractivity contribution in [1.29, 1.82) is 0 Å². The molecule has 0 amide bonds. The summed E-state index contributed by atoms with van der Waals surface area (Å²) in [6.07, 6.45) is 1.61. The van der Waals surface area contributed by atoms with Gasteiger partial charge < -0.3 is 10.2 Å². The van der Waals surface area contributed by atoms with Crippen molar-refractivity contribution in [2.75, 3.05) is 36.4 Å². The van der Waals surface area contributed by atoms with Crippen LogP contribution in [0.5, 0.6) is 0 Å². The highest BCUT2D eigenvalue weighted by molar-refractivity contribution is 6.31. The van der Waals surface area contributed by atoms with Crippen LogP contribution in [-0.4, -0.2) is 41.0 Å². The van der Waals surface area contributed by atoms with Gasteiger partial charge >= 0.3 is 0 Å². The highest BCUT2D eigenvalue weighted by Crippen LogP contribution is 2.24. The Bertz CT molecular complexity index is 923. The van der Waals surface area contributed by atoms with E-state index < -0.39 is 0 Å². The van der Waals surface area contributed by atoms with Gasteiger partial charge in [-0.3, -0.25) is 4.90 Å². The smallest absolute Gasteiger partial charge is 0.135 e. The molecule has 1 aromatic heterocycles.